The van der Waals surface area contributed by atoms with Crippen molar-refractivity contribution < 1.29 is 14.4 Å². The number of nitrogens with zero attached hydrogens (tertiary/aromatic N) is 2. The number of thioether (sulfide) groups is 1. The number of fused-ring (bicyclic) bond motifs is 1. The van der Waals surface area contributed by atoms with E-state index in [4.69, 9.17) is 12.2 Å². The maximum Gasteiger partial charge on any atom is 0.286 e. The first-order chi connectivity index (χ1) is 14.9. The number of thiocarbonyl (C=S) groups is 1. The van der Waals surface area contributed by atoms with E-state index in [1.807, 2.05) is 24.3 Å². The predicted octanol–water partition coefficient (Wildman–Crippen LogP) is 4.51. The van der Waals surface area contributed by atoms with E-state index in [1.54, 1.807) is 29.2 Å². The number of anilines is 1. The predicted molar refractivity (Wildman–Crippen MR) is 129 cm³/mol. The highest BCUT2D eigenvalue weighted by Crippen LogP contribution is 2.44. The second kappa shape index (κ2) is 8.94. The van der Waals surface area contributed by atoms with Gasteiger partial charge in [-0.1, -0.05) is 59.2 Å². The fourth-order valence-corrected chi connectivity index (χ4v) is 4.94. The molecule has 31 heavy (non-hydrogen) atoms. The summed E-state index contributed by atoms with van der Waals surface area (Å²) in [5, 5.41) is 1.04. The molecule has 2 heterocycles. The zero-order valence-corrected chi connectivity index (χ0v) is 19.8. The first-order valence-electron chi connectivity index (χ1n) is 9.70. The van der Waals surface area contributed by atoms with Crippen LogP contribution in [-0.4, -0.2) is 33.6 Å². The minimum Gasteiger partial charge on any atom is -0.308 e. The summed E-state index contributed by atoms with van der Waals surface area (Å²) >= 11 is 9.70. The van der Waals surface area contributed by atoms with Crippen molar-refractivity contribution in [3.05, 3.63) is 69.0 Å². The number of carbonyl (C=O) groups is 3. The molecule has 0 unspecified atom stereocenters. The van der Waals surface area contributed by atoms with Crippen molar-refractivity contribution >= 4 is 73.2 Å². The van der Waals surface area contributed by atoms with E-state index >= 15 is 0 Å². The molecule has 1 saturated heterocycles. The highest BCUT2D eigenvalue weighted by atomic mass is 79.9. The van der Waals surface area contributed by atoms with Crippen LogP contribution in [0.4, 0.5) is 5.69 Å². The Morgan fingerprint density at radius 2 is 1.81 bits per heavy atom. The molecule has 1 fully saturated rings. The third-order valence-electron chi connectivity index (χ3n) is 4.97. The van der Waals surface area contributed by atoms with Gasteiger partial charge in [0.1, 0.15) is 0 Å². The number of nitrogens with one attached hydrogen (secondary N) is 1. The van der Waals surface area contributed by atoms with E-state index < -0.39 is 11.8 Å². The zero-order chi connectivity index (χ0) is 22.1. The van der Waals surface area contributed by atoms with Gasteiger partial charge in [0.2, 0.25) is 0 Å². The summed E-state index contributed by atoms with van der Waals surface area (Å²) in [5.41, 5.74) is 4.79. The molecule has 6 nitrogen and oxygen atoms in total. The number of carbonyl (C=O) groups excluding carboxylic acids is 3. The van der Waals surface area contributed by atoms with Crippen molar-refractivity contribution in [3.8, 4) is 0 Å². The van der Waals surface area contributed by atoms with E-state index in [0.29, 0.717) is 23.2 Å². The molecule has 0 radical (unpaired) electrons. The van der Waals surface area contributed by atoms with E-state index in [-0.39, 0.29) is 15.1 Å². The first-order valence-corrected chi connectivity index (χ1v) is 11.7. The average molecular weight is 516 g/mol. The number of hydrogen-bond donors (Lipinski definition) is 1. The van der Waals surface area contributed by atoms with Crippen molar-refractivity contribution in [2.24, 2.45) is 0 Å². The van der Waals surface area contributed by atoms with Crippen LogP contribution >= 0.6 is 39.9 Å². The number of unbranched alkanes of at least 4 members (excludes halogenated alkanes) is 1. The Labute approximate surface area is 197 Å². The summed E-state index contributed by atoms with van der Waals surface area (Å²) in [7, 11) is 0. The van der Waals surface area contributed by atoms with Crippen LogP contribution in [0.3, 0.4) is 0 Å². The normalized spacial score (nSPS) is 18.1. The summed E-state index contributed by atoms with van der Waals surface area (Å²) in [6.45, 7) is 2.64. The SMILES string of the molecule is CCCCN1C(=O)/C(=C2\SC(=S)N(NC(=O)c3ccc(Br)cc3)C2=O)c2ccccc21. The molecule has 0 bridgehead atoms. The minimum atomic E-state index is -0.504. The molecule has 158 valence electrons. The first kappa shape index (κ1) is 21.7. The fraction of sp³-hybridized carbons (Fsp3) is 0.182. The molecular weight excluding hydrogens is 498 g/mol. The van der Waals surface area contributed by atoms with Crippen molar-refractivity contribution in [2.75, 3.05) is 11.4 Å². The van der Waals surface area contributed by atoms with Crippen LogP contribution in [-0.2, 0) is 9.59 Å². The average Bonchev–Trinajstić information content (AvgIpc) is 3.19. The molecule has 9 heteroatoms. The molecule has 1 N–H and O–H groups in total. The molecule has 2 aliphatic heterocycles. The lowest BCUT2D eigenvalue weighted by molar-refractivity contribution is -0.124. The van der Waals surface area contributed by atoms with Crippen molar-refractivity contribution in [2.45, 2.75) is 19.8 Å². The van der Waals surface area contributed by atoms with Crippen LogP contribution in [0.25, 0.3) is 5.57 Å². The van der Waals surface area contributed by atoms with Crippen LogP contribution in [0.2, 0.25) is 0 Å². The third kappa shape index (κ3) is 4.05. The maximum atomic E-state index is 13.2. The molecule has 4 rings (SSSR count). The van der Waals surface area contributed by atoms with Gasteiger partial charge in [0.15, 0.2) is 4.32 Å². The quantitative estimate of drug-likeness (QED) is 0.468. The fourth-order valence-electron chi connectivity index (χ4n) is 3.42. The Morgan fingerprint density at radius 1 is 1.10 bits per heavy atom. The van der Waals surface area contributed by atoms with Crippen LogP contribution in [0.1, 0.15) is 35.7 Å². The minimum absolute atomic E-state index is 0.176. The standard InChI is InChI=1S/C22H18BrN3O3S2/c1-2-3-12-25-16-7-5-4-6-15(16)17(20(25)28)18-21(29)26(22(30)31-18)24-19(27)13-8-10-14(23)11-9-13/h4-11H,2-3,12H2,1H3,(H,24,27)/b18-17-. The van der Waals surface area contributed by atoms with Crippen molar-refractivity contribution in [1.82, 2.24) is 10.4 Å². The molecule has 0 saturated carbocycles. The van der Waals surface area contributed by atoms with Gasteiger partial charge < -0.3 is 4.90 Å². The molecule has 2 aliphatic rings. The molecule has 0 atom stereocenters. The molecule has 2 aromatic rings. The van der Waals surface area contributed by atoms with E-state index in [0.717, 1.165) is 39.8 Å². The summed E-state index contributed by atoms with van der Waals surface area (Å²) in [4.78, 5) is 40.9. The summed E-state index contributed by atoms with van der Waals surface area (Å²) < 4.78 is 1.01. The molecule has 0 aliphatic carbocycles. The lowest BCUT2D eigenvalue weighted by Crippen LogP contribution is -2.45. The van der Waals surface area contributed by atoms with Crippen molar-refractivity contribution in [3.63, 3.8) is 0 Å². The van der Waals surface area contributed by atoms with Gasteiger partial charge in [-0.15, -0.1) is 0 Å². The summed E-state index contributed by atoms with van der Waals surface area (Å²) in [6, 6.07) is 14.2. The van der Waals surface area contributed by atoms with Gasteiger partial charge in [-0.25, -0.2) is 0 Å². The molecule has 0 aromatic heterocycles. The Balaban J connectivity index is 1.65. The second-order valence-corrected chi connectivity index (χ2v) is 9.55. The topological polar surface area (TPSA) is 69.7 Å². The zero-order valence-electron chi connectivity index (χ0n) is 16.6. The number of para-hydroxylation sites is 1. The van der Waals surface area contributed by atoms with E-state index in [1.165, 1.54) is 0 Å². The molecule has 2 aromatic carbocycles. The van der Waals surface area contributed by atoms with Crippen LogP contribution in [0.15, 0.2) is 57.9 Å². The van der Waals surface area contributed by atoms with Crippen LogP contribution in [0.5, 0.6) is 0 Å². The Hall–Kier alpha value is -2.49. The van der Waals surface area contributed by atoms with Crippen LogP contribution in [0, 0.1) is 0 Å². The van der Waals surface area contributed by atoms with Gasteiger partial charge in [0.25, 0.3) is 17.7 Å². The number of hydrogen-bond acceptors (Lipinski definition) is 5. The third-order valence-corrected chi connectivity index (χ3v) is 6.88. The van der Waals surface area contributed by atoms with Gasteiger partial charge in [-0.2, -0.15) is 5.01 Å². The smallest absolute Gasteiger partial charge is 0.286 e. The second-order valence-electron chi connectivity index (χ2n) is 6.99. The number of rotatable bonds is 5. The summed E-state index contributed by atoms with van der Waals surface area (Å²) in [6.07, 6.45) is 1.81. The summed E-state index contributed by atoms with van der Waals surface area (Å²) in [5.74, 6) is -1.18. The van der Waals surface area contributed by atoms with Gasteiger partial charge in [0.05, 0.1) is 16.2 Å². The number of benzene rings is 2. The Kier molecular flexibility index (Phi) is 6.27. The maximum absolute atomic E-state index is 13.2. The molecular formula is C22H18BrN3O3S2. The Bertz CT molecular complexity index is 1130. The largest absolute Gasteiger partial charge is 0.308 e. The van der Waals surface area contributed by atoms with Crippen LogP contribution < -0.4 is 10.3 Å². The number of amides is 3. The highest BCUT2D eigenvalue weighted by molar-refractivity contribution is 9.10. The van der Waals surface area contributed by atoms with Crippen molar-refractivity contribution in [1.29, 1.82) is 0 Å². The van der Waals surface area contributed by atoms with E-state index in [2.05, 4.69) is 28.3 Å². The highest BCUT2D eigenvalue weighted by Gasteiger charge is 2.42. The monoisotopic (exact) mass is 515 g/mol. The molecule has 0 spiro atoms. The molecule has 3 amide bonds. The number of halogens is 1. The van der Waals surface area contributed by atoms with Gasteiger partial charge in [0, 0.05) is 22.1 Å². The number of hydrazine groups is 1. The van der Waals surface area contributed by atoms with Gasteiger partial charge in [-0.3, -0.25) is 19.8 Å². The lowest BCUT2D eigenvalue weighted by Gasteiger charge is -2.16. The Morgan fingerprint density at radius 3 is 2.52 bits per heavy atom. The van der Waals surface area contributed by atoms with Gasteiger partial charge in [-0.05, 0) is 49.0 Å². The van der Waals surface area contributed by atoms with E-state index in [9.17, 15) is 14.4 Å². The van der Waals surface area contributed by atoms with Gasteiger partial charge >= 0.3 is 0 Å². The lowest BCUT2D eigenvalue weighted by atomic mass is 10.1.